The zero-order valence-electron chi connectivity index (χ0n) is 15.5. The van der Waals surface area contributed by atoms with E-state index in [1.54, 1.807) is 6.20 Å². The van der Waals surface area contributed by atoms with Crippen molar-refractivity contribution in [1.82, 2.24) is 15.6 Å². The van der Waals surface area contributed by atoms with Crippen LogP contribution in [0.15, 0.2) is 47.6 Å². The molecule has 0 aliphatic carbocycles. The van der Waals surface area contributed by atoms with E-state index < -0.39 is 0 Å². The van der Waals surface area contributed by atoms with E-state index in [4.69, 9.17) is 16.3 Å². The highest BCUT2D eigenvalue weighted by Gasteiger charge is 2.03. The number of para-hydroxylation sites is 1. The Balaban J connectivity index is 1.85. The minimum atomic E-state index is 0.518. The lowest BCUT2D eigenvalue weighted by Gasteiger charge is -2.12. The van der Waals surface area contributed by atoms with E-state index in [9.17, 15) is 0 Å². The standard InChI is InChI=1S/C20H27ClN4O/c1-3-22-20(23-13-11-16-9-10-19(21)25-15-16)24-14-12-17-7-5-6-8-18(17)26-4-2/h5-10,15H,3-4,11-14H2,1-2H3,(H2,22,23,24). The van der Waals surface area contributed by atoms with E-state index in [0.29, 0.717) is 18.3 Å². The second-order valence-corrected chi connectivity index (χ2v) is 6.10. The van der Waals surface area contributed by atoms with Gasteiger partial charge in [0, 0.05) is 25.8 Å². The molecule has 6 heteroatoms. The quantitative estimate of drug-likeness (QED) is 0.401. The number of pyridine rings is 1. The molecule has 0 spiro atoms. The summed E-state index contributed by atoms with van der Waals surface area (Å²) in [6, 6.07) is 11.9. The minimum absolute atomic E-state index is 0.518. The second-order valence-electron chi connectivity index (χ2n) is 5.72. The van der Waals surface area contributed by atoms with Crippen LogP contribution in [0.2, 0.25) is 5.15 Å². The molecule has 26 heavy (non-hydrogen) atoms. The van der Waals surface area contributed by atoms with Gasteiger partial charge in [-0.05, 0) is 49.9 Å². The molecule has 1 heterocycles. The van der Waals surface area contributed by atoms with E-state index in [2.05, 4.69) is 33.6 Å². The summed E-state index contributed by atoms with van der Waals surface area (Å²) in [5, 5.41) is 7.15. The first-order valence-corrected chi connectivity index (χ1v) is 9.44. The van der Waals surface area contributed by atoms with E-state index in [1.807, 2.05) is 37.3 Å². The lowest BCUT2D eigenvalue weighted by Crippen LogP contribution is -2.38. The van der Waals surface area contributed by atoms with Gasteiger partial charge in [0.1, 0.15) is 10.9 Å². The number of nitrogens with one attached hydrogen (secondary N) is 2. The number of hydrogen-bond donors (Lipinski definition) is 2. The molecular weight excluding hydrogens is 348 g/mol. The fourth-order valence-corrected chi connectivity index (χ4v) is 2.63. The smallest absolute Gasteiger partial charge is 0.191 e. The molecular formula is C20H27ClN4O. The third-order valence-corrected chi connectivity index (χ3v) is 3.99. The topological polar surface area (TPSA) is 58.5 Å². The highest BCUT2D eigenvalue weighted by molar-refractivity contribution is 6.29. The van der Waals surface area contributed by atoms with Gasteiger partial charge in [-0.3, -0.25) is 4.99 Å². The summed E-state index contributed by atoms with van der Waals surface area (Å²) in [7, 11) is 0. The highest BCUT2D eigenvalue weighted by Crippen LogP contribution is 2.18. The first-order chi connectivity index (χ1) is 12.7. The molecule has 2 aromatic rings. The molecule has 0 bridgehead atoms. The zero-order chi connectivity index (χ0) is 18.6. The van der Waals surface area contributed by atoms with Crippen molar-refractivity contribution in [3.63, 3.8) is 0 Å². The molecule has 1 aromatic heterocycles. The lowest BCUT2D eigenvalue weighted by molar-refractivity contribution is 0.336. The van der Waals surface area contributed by atoms with Gasteiger partial charge < -0.3 is 15.4 Å². The summed E-state index contributed by atoms with van der Waals surface area (Å²) in [6.45, 7) is 7.03. The zero-order valence-corrected chi connectivity index (χ0v) is 16.2. The predicted molar refractivity (Wildman–Crippen MR) is 108 cm³/mol. The number of guanidine groups is 1. The van der Waals surface area contributed by atoms with E-state index in [0.717, 1.165) is 43.2 Å². The molecule has 0 aliphatic rings. The molecule has 5 nitrogen and oxygen atoms in total. The Labute approximate surface area is 160 Å². The molecule has 0 aliphatic heterocycles. The van der Waals surface area contributed by atoms with Crippen LogP contribution in [0.5, 0.6) is 5.75 Å². The number of nitrogens with zero attached hydrogens (tertiary/aromatic N) is 2. The summed E-state index contributed by atoms with van der Waals surface area (Å²) in [5.41, 5.74) is 2.32. The molecule has 0 radical (unpaired) electrons. The van der Waals surface area contributed by atoms with Gasteiger partial charge in [0.2, 0.25) is 0 Å². The number of hydrogen-bond acceptors (Lipinski definition) is 3. The van der Waals surface area contributed by atoms with Crippen LogP contribution in [0.4, 0.5) is 0 Å². The van der Waals surface area contributed by atoms with E-state index in [1.165, 1.54) is 5.56 Å². The van der Waals surface area contributed by atoms with Gasteiger partial charge in [-0.25, -0.2) is 4.98 Å². The summed E-state index contributed by atoms with van der Waals surface area (Å²) in [4.78, 5) is 8.76. The van der Waals surface area contributed by atoms with Gasteiger partial charge in [0.05, 0.1) is 6.61 Å². The maximum absolute atomic E-state index is 5.81. The van der Waals surface area contributed by atoms with Gasteiger partial charge in [0.25, 0.3) is 0 Å². The number of aromatic nitrogens is 1. The van der Waals surface area contributed by atoms with Crippen LogP contribution in [0.25, 0.3) is 0 Å². The molecule has 1 aromatic carbocycles. The van der Waals surface area contributed by atoms with Crippen molar-refractivity contribution in [1.29, 1.82) is 0 Å². The minimum Gasteiger partial charge on any atom is -0.494 e. The average Bonchev–Trinajstić information content (AvgIpc) is 2.65. The van der Waals surface area contributed by atoms with Crippen molar-refractivity contribution in [2.45, 2.75) is 26.7 Å². The van der Waals surface area contributed by atoms with Crippen molar-refractivity contribution in [3.8, 4) is 5.75 Å². The Morgan fingerprint density at radius 3 is 2.69 bits per heavy atom. The molecule has 0 atom stereocenters. The molecule has 0 amide bonds. The van der Waals surface area contributed by atoms with Gasteiger partial charge in [0.15, 0.2) is 5.96 Å². The fourth-order valence-electron chi connectivity index (χ4n) is 2.52. The molecule has 0 saturated heterocycles. The Bertz CT molecular complexity index is 688. The monoisotopic (exact) mass is 374 g/mol. The maximum atomic E-state index is 5.81. The van der Waals surface area contributed by atoms with Crippen molar-refractivity contribution < 1.29 is 4.74 Å². The molecule has 0 saturated carbocycles. The number of benzene rings is 1. The van der Waals surface area contributed by atoms with Gasteiger partial charge in [-0.1, -0.05) is 35.9 Å². The Morgan fingerprint density at radius 1 is 1.12 bits per heavy atom. The largest absolute Gasteiger partial charge is 0.494 e. The van der Waals surface area contributed by atoms with Crippen molar-refractivity contribution >= 4 is 17.6 Å². The maximum Gasteiger partial charge on any atom is 0.191 e. The molecule has 0 fully saturated rings. The molecule has 2 rings (SSSR count). The molecule has 0 unspecified atom stereocenters. The highest BCUT2D eigenvalue weighted by atomic mass is 35.5. The summed E-state index contributed by atoms with van der Waals surface area (Å²) in [6.07, 6.45) is 3.51. The average molecular weight is 375 g/mol. The van der Waals surface area contributed by atoms with Crippen LogP contribution in [0.3, 0.4) is 0 Å². The van der Waals surface area contributed by atoms with Crippen LogP contribution in [-0.4, -0.2) is 37.2 Å². The number of rotatable bonds is 9. The molecule has 140 valence electrons. The van der Waals surface area contributed by atoms with Crippen LogP contribution in [-0.2, 0) is 12.8 Å². The number of ether oxygens (including phenoxy) is 1. The Kier molecular flexibility index (Phi) is 8.76. The fraction of sp³-hybridized carbons (Fsp3) is 0.400. The second kappa shape index (κ2) is 11.4. The summed E-state index contributed by atoms with van der Waals surface area (Å²) < 4.78 is 5.67. The van der Waals surface area contributed by atoms with E-state index >= 15 is 0 Å². The van der Waals surface area contributed by atoms with Gasteiger partial charge in [-0.2, -0.15) is 0 Å². The summed E-state index contributed by atoms with van der Waals surface area (Å²) in [5.74, 6) is 1.77. The number of halogens is 1. The first kappa shape index (κ1) is 20.0. The number of aliphatic imine (C=N–C) groups is 1. The normalized spacial score (nSPS) is 11.3. The summed E-state index contributed by atoms with van der Waals surface area (Å²) >= 11 is 5.81. The lowest BCUT2D eigenvalue weighted by atomic mass is 10.1. The van der Waals surface area contributed by atoms with Gasteiger partial charge in [-0.15, -0.1) is 0 Å². The predicted octanol–water partition coefficient (Wildman–Crippen LogP) is 3.47. The van der Waals surface area contributed by atoms with Crippen molar-refractivity contribution in [2.75, 3.05) is 26.2 Å². The third-order valence-electron chi connectivity index (χ3n) is 3.76. The van der Waals surface area contributed by atoms with Crippen LogP contribution >= 0.6 is 11.6 Å². The Morgan fingerprint density at radius 2 is 1.96 bits per heavy atom. The Hall–Kier alpha value is -2.27. The first-order valence-electron chi connectivity index (χ1n) is 9.06. The van der Waals surface area contributed by atoms with Crippen LogP contribution in [0, 0.1) is 0 Å². The van der Waals surface area contributed by atoms with Crippen molar-refractivity contribution in [2.24, 2.45) is 4.99 Å². The SMILES string of the molecule is CCNC(=NCCc1ccccc1OCC)NCCc1ccc(Cl)nc1. The van der Waals surface area contributed by atoms with Crippen LogP contribution < -0.4 is 15.4 Å². The van der Waals surface area contributed by atoms with Crippen molar-refractivity contribution in [3.05, 3.63) is 58.9 Å². The van der Waals surface area contributed by atoms with E-state index in [-0.39, 0.29) is 0 Å². The van der Waals surface area contributed by atoms with Gasteiger partial charge >= 0.3 is 0 Å². The van der Waals surface area contributed by atoms with Crippen LogP contribution in [0.1, 0.15) is 25.0 Å². The molecule has 2 N–H and O–H groups in total. The third kappa shape index (κ3) is 6.92.